The first-order valence-electron chi connectivity index (χ1n) is 11.8. The van der Waals surface area contributed by atoms with Gasteiger partial charge in [-0.1, -0.05) is 66.7 Å². The fourth-order valence-electron chi connectivity index (χ4n) is 5.73. The highest BCUT2D eigenvalue weighted by atomic mass is 16.5. The van der Waals surface area contributed by atoms with Crippen molar-refractivity contribution >= 4 is 5.78 Å². The molecule has 4 nitrogen and oxygen atoms in total. The van der Waals surface area contributed by atoms with Crippen LogP contribution in [-0.2, 0) is 6.42 Å². The summed E-state index contributed by atoms with van der Waals surface area (Å²) in [5.41, 5.74) is 3.53. The Morgan fingerprint density at radius 2 is 1.48 bits per heavy atom. The van der Waals surface area contributed by atoms with Crippen molar-refractivity contribution in [3.63, 3.8) is 0 Å². The fraction of sp³-hybridized carbons (Fsp3) is 0.345. The van der Waals surface area contributed by atoms with Crippen LogP contribution in [0.4, 0.5) is 0 Å². The third-order valence-electron chi connectivity index (χ3n) is 7.31. The molecule has 0 aromatic heterocycles. The van der Waals surface area contributed by atoms with E-state index >= 15 is 0 Å². The number of carbonyl (C=O) groups excluding carboxylic acids is 1. The van der Waals surface area contributed by atoms with Crippen LogP contribution in [0, 0.1) is 11.8 Å². The summed E-state index contributed by atoms with van der Waals surface area (Å²) >= 11 is 0. The zero-order valence-corrected chi connectivity index (χ0v) is 19.1. The van der Waals surface area contributed by atoms with E-state index in [1.807, 2.05) is 66.7 Å². The number of hydrogen-bond acceptors (Lipinski definition) is 4. The summed E-state index contributed by atoms with van der Waals surface area (Å²) < 4.78 is 5.22. The van der Waals surface area contributed by atoms with E-state index in [1.165, 1.54) is 5.56 Å². The zero-order valence-electron chi connectivity index (χ0n) is 19.1. The van der Waals surface area contributed by atoms with Crippen LogP contribution in [0.25, 0.3) is 11.1 Å². The van der Waals surface area contributed by atoms with Gasteiger partial charge < -0.3 is 9.84 Å². The Bertz CT molecular complexity index is 1080. The quantitative estimate of drug-likeness (QED) is 0.532. The maximum Gasteiger partial charge on any atom is 0.176 e. The van der Waals surface area contributed by atoms with Crippen LogP contribution in [0.5, 0.6) is 5.75 Å². The summed E-state index contributed by atoms with van der Waals surface area (Å²) in [5, 5.41) is 11.2. The molecular formula is C29H31NO3. The molecular weight excluding hydrogens is 410 g/mol. The number of hydrogen-bond donors (Lipinski definition) is 1. The van der Waals surface area contributed by atoms with Gasteiger partial charge in [-0.2, -0.15) is 0 Å². The average molecular weight is 442 g/mol. The van der Waals surface area contributed by atoms with Crippen LogP contribution < -0.4 is 4.74 Å². The summed E-state index contributed by atoms with van der Waals surface area (Å²) in [6.07, 6.45) is 2.38. The minimum Gasteiger partial charge on any atom is -0.497 e. The van der Waals surface area contributed by atoms with E-state index in [2.05, 4.69) is 17.0 Å². The van der Waals surface area contributed by atoms with E-state index in [0.717, 1.165) is 54.8 Å². The number of rotatable bonds is 7. The summed E-state index contributed by atoms with van der Waals surface area (Å²) in [7, 11) is 1.66. The molecule has 33 heavy (non-hydrogen) atoms. The first-order valence-corrected chi connectivity index (χ1v) is 11.8. The smallest absolute Gasteiger partial charge is 0.176 e. The van der Waals surface area contributed by atoms with Crippen LogP contribution in [-0.4, -0.2) is 48.1 Å². The Morgan fingerprint density at radius 1 is 0.909 bits per heavy atom. The van der Waals surface area contributed by atoms with Crippen molar-refractivity contribution < 1.29 is 14.6 Å². The second-order valence-corrected chi connectivity index (χ2v) is 9.74. The minimum absolute atomic E-state index is 0.163. The van der Waals surface area contributed by atoms with Crippen molar-refractivity contribution in [1.29, 1.82) is 0 Å². The highest BCUT2D eigenvalue weighted by Gasteiger charge is 2.48. The molecule has 2 aliphatic rings. The van der Waals surface area contributed by atoms with E-state index in [9.17, 15) is 9.90 Å². The fourth-order valence-corrected chi connectivity index (χ4v) is 5.73. The number of nitrogens with zero attached hydrogens (tertiary/aromatic N) is 1. The number of carbonyl (C=O) groups is 1. The molecule has 3 aromatic rings. The highest BCUT2D eigenvalue weighted by molar-refractivity contribution is 5.98. The molecule has 5 rings (SSSR count). The van der Waals surface area contributed by atoms with Gasteiger partial charge in [0.1, 0.15) is 5.75 Å². The number of fused-ring (bicyclic) bond motifs is 1. The third-order valence-corrected chi connectivity index (χ3v) is 7.31. The molecule has 1 N–H and O–H groups in total. The van der Waals surface area contributed by atoms with Crippen molar-refractivity contribution in [2.45, 2.75) is 24.9 Å². The molecule has 0 bridgehead atoms. The Balaban J connectivity index is 1.16. The second kappa shape index (κ2) is 9.12. The third kappa shape index (κ3) is 4.87. The molecule has 4 heteroatoms. The standard InChI is InChI=1S/C29H31NO3/c1-33-27-13-11-23(12-14-27)22-7-9-24(10-8-22)28(31)20-30-18-25-16-29(32,17-26(25)19-30)15-21-5-3-2-4-6-21/h2-14,25-26,32H,15-20H2,1H3/t25-,26+,29+. The molecule has 3 atom stereocenters. The van der Waals surface area contributed by atoms with Gasteiger partial charge in [0.25, 0.3) is 0 Å². The zero-order chi connectivity index (χ0) is 22.8. The van der Waals surface area contributed by atoms with Crippen molar-refractivity contribution in [1.82, 2.24) is 4.90 Å². The summed E-state index contributed by atoms with van der Waals surface area (Å²) in [6.45, 7) is 2.25. The lowest BCUT2D eigenvalue weighted by Gasteiger charge is -2.26. The molecule has 0 radical (unpaired) electrons. The molecule has 1 saturated carbocycles. The maximum absolute atomic E-state index is 12.9. The molecule has 1 heterocycles. The number of methoxy groups -OCH3 is 1. The van der Waals surface area contributed by atoms with Gasteiger partial charge >= 0.3 is 0 Å². The number of benzene rings is 3. The first-order chi connectivity index (χ1) is 16.0. The first kappa shape index (κ1) is 21.9. The normalized spacial score (nSPS) is 24.5. The van der Waals surface area contributed by atoms with Gasteiger partial charge in [0, 0.05) is 25.1 Å². The molecule has 1 aliphatic heterocycles. The number of likely N-dealkylation sites (tertiary alicyclic amines) is 1. The molecule has 0 amide bonds. The largest absolute Gasteiger partial charge is 0.497 e. The van der Waals surface area contributed by atoms with Gasteiger partial charge in [0.2, 0.25) is 0 Å². The number of aliphatic hydroxyl groups is 1. The molecule has 1 aliphatic carbocycles. The second-order valence-electron chi connectivity index (χ2n) is 9.74. The molecule has 3 aromatic carbocycles. The van der Waals surface area contributed by atoms with Gasteiger partial charge in [-0.15, -0.1) is 0 Å². The van der Waals surface area contributed by atoms with E-state index in [1.54, 1.807) is 7.11 Å². The molecule has 1 saturated heterocycles. The Morgan fingerprint density at radius 3 is 2.06 bits per heavy atom. The lowest BCUT2D eigenvalue weighted by atomic mass is 9.91. The van der Waals surface area contributed by atoms with Crippen molar-refractivity contribution in [2.24, 2.45) is 11.8 Å². The van der Waals surface area contributed by atoms with Crippen LogP contribution in [0.3, 0.4) is 0 Å². The maximum atomic E-state index is 12.9. The summed E-state index contributed by atoms with van der Waals surface area (Å²) in [5.74, 6) is 1.95. The molecule has 0 unspecified atom stereocenters. The topological polar surface area (TPSA) is 49.8 Å². The van der Waals surface area contributed by atoms with Gasteiger partial charge in [-0.3, -0.25) is 9.69 Å². The van der Waals surface area contributed by atoms with E-state index in [-0.39, 0.29) is 5.78 Å². The molecule has 0 spiro atoms. The highest BCUT2D eigenvalue weighted by Crippen LogP contribution is 2.45. The average Bonchev–Trinajstić information content (AvgIpc) is 3.33. The Kier molecular flexibility index (Phi) is 6.05. The summed E-state index contributed by atoms with van der Waals surface area (Å²) in [4.78, 5) is 15.2. The van der Waals surface area contributed by atoms with Crippen LogP contribution in [0.1, 0.15) is 28.8 Å². The number of ketones is 1. The number of Topliss-reactive ketones (excluding diaryl/α,β-unsaturated/α-hetero) is 1. The molecule has 170 valence electrons. The lowest BCUT2D eigenvalue weighted by molar-refractivity contribution is 0.0355. The number of ether oxygens (including phenoxy) is 1. The van der Waals surface area contributed by atoms with Gasteiger partial charge in [-0.25, -0.2) is 0 Å². The Labute approximate surface area is 195 Å². The monoisotopic (exact) mass is 441 g/mol. The van der Waals surface area contributed by atoms with Gasteiger partial charge in [0.05, 0.1) is 19.3 Å². The van der Waals surface area contributed by atoms with Crippen molar-refractivity contribution in [3.05, 3.63) is 90.0 Å². The Hall–Kier alpha value is -2.95. The van der Waals surface area contributed by atoms with Crippen LogP contribution >= 0.6 is 0 Å². The predicted octanol–water partition coefficient (Wildman–Crippen LogP) is 4.86. The van der Waals surface area contributed by atoms with Crippen LogP contribution in [0.15, 0.2) is 78.9 Å². The predicted molar refractivity (Wildman–Crippen MR) is 131 cm³/mol. The van der Waals surface area contributed by atoms with Gasteiger partial charge in [-0.05, 0) is 53.5 Å². The van der Waals surface area contributed by atoms with E-state index < -0.39 is 5.60 Å². The van der Waals surface area contributed by atoms with E-state index in [4.69, 9.17) is 4.74 Å². The molecule has 2 fully saturated rings. The minimum atomic E-state index is -0.607. The SMILES string of the molecule is COc1ccc(-c2ccc(C(=O)CN3C[C@@H]4C[C@](O)(Cc5ccccc5)C[C@@H]4C3)cc2)cc1. The van der Waals surface area contributed by atoms with Crippen molar-refractivity contribution in [2.75, 3.05) is 26.7 Å². The van der Waals surface area contributed by atoms with Gasteiger partial charge in [0.15, 0.2) is 5.78 Å². The van der Waals surface area contributed by atoms with Crippen molar-refractivity contribution in [3.8, 4) is 16.9 Å². The summed E-state index contributed by atoms with van der Waals surface area (Å²) in [6, 6.07) is 26.1. The lowest BCUT2D eigenvalue weighted by Crippen LogP contribution is -2.34. The van der Waals surface area contributed by atoms with Crippen LogP contribution in [0.2, 0.25) is 0 Å². The van der Waals surface area contributed by atoms with E-state index in [0.29, 0.717) is 18.4 Å².